The van der Waals surface area contributed by atoms with Gasteiger partial charge in [-0.25, -0.2) is 9.67 Å². The minimum Gasteiger partial charge on any atom is -0.325 e. The van der Waals surface area contributed by atoms with Crippen molar-refractivity contribution in [3.63, 3.8) is 0 Å². The fraction of sp³-hybridized carbons (Fsp3) is 0.571. The molecule has 0 aliphatic heterocycles. The maximum atomic E-state index is 13.5. The number of amides is 1. The summed E-state index contributed by atoms with van der Waals surface area (Å²) in [6, 6.07) is 6.13. The third-order valence-electron chi connectivity index (χ3n) is 7.31. The third-order valence-corrected chi connectivity index (χ3v) is 7.68. The highest BCUT2D eigenvalue weighted by Gasteiger charge is 2.61. The van der Waals surface area contributed by atoms with E-state index in [1.807, 2.05) is 18.5 Å². The first-order chi connectivity index (χ1) is 12.9. The third kappa shape index (κ3) is 2.67. The van der Waals surface area contributed by atoms with Crippen LogP contribution in [0.5, 0.6) is 0 Å². The fourth-order valence-corrected chi connectivity index (χ4v) is 6.62. The van der Waals surface area contributed by atoms with Crippen molar-refractivity contribution in [1.82, 2.24) is 14.8 Å². The zero-order valence-corrected chi connectivity index (χ0v) is 17.4. The number of aryl methyl sites for hydroxylation is 1. The summed E-state index contributed by atoms with van der Waals surface area (Å²) >= 11 is 3.39. The van der Waals surface area contributed by atoms with Crippen molar-refractivity contribution in [2.75, 3.05) is 5.32 Å². The zero-order valence-electron chi connectivity index (χ0n) is 15.8. The largest absolute Gasteiger partial charge is 0.325 e. The van der Waals surface area contributed by atoms with Gasteiger partial charge in [0.1, 0.15) is 6.33 Å². The van der Waals surface area contributed by atoms with Crippen LogP contribution in [0.4, 0.5) is 5.69 Å². The first-order valence-electron chi connectivity index (χ1n) is 9.85. The van der Waals surface area contributed by atoms with Crippen LogP contribution < -0.4 is 5.32 Å². The molecule has 4 aliphatic carbocycles. The molecule has 1 aromatic carbocycles. The molecule has 6 rings (SSSR count). The SMILES string of the molecule is Cc1cccc(NC(=O)C23CC4CC(C2)CC(n2cnc(Br)n2)(C4)C3)c1C. The number of nitrogens with zero attached hydrogens (tertiary/aromatic N) is 3. The Morgan fingerprint density at radius 1 is 1.22 bits per heavy atom. The van der Waals surface area contributed by atoms with Gasteiger partial charge in [0.15, 0.2) is 0 Å². The summed E-state index contributed by atoms with van der Waals surface area (Å²) < 4.78 is 2.68. The van der Waals surface area contributed by atoms with Gasteiger partial charge in [-0.15, -0.1) is 5.10 Å². The van der Waals surface area contributed by atoms with E-state index in [1.165, 1.54) is 12.0 Å². The molecule has 1 amide bonds. The summed E-state index contributed by atoms with van der Waals surface area (Å²) in [7, 11) is 0. The molecule has 1 N–H and O–H groups in total. The molecular weight excluding hydrogens is 404 g/mol. The van der Waals surface area contributed by atoms with Crippen molar-refractivity contribution in [2.24, 2.45) is 17.3 Å². The summed E-state index contributed by atoms with van der Waals surface area (Å²) in [5.74, 6) is 1.42. The lowest BCUT2D eigenvalue weighted by molar-refractivity contribution is -0.150. The summed E-state index contributed by atoms with van der Waals surface area (Å²) in [4.78, 5) is 17.8. The molecule has 4 aliphatic rings. The summed E-state index contributed by atoms with van der Waals surface area (Å²) in [5, 5.41) is 7.88. The van der Waals surface area contributed by atoms with Crippen molar-refractivity contribution >= 4 is 27.5 Å². The molecule has 2 unspecified atom stereocenters. The Balaban J connectivity index is 1.48. The second-order valence-corrected chi connectivity index (χ2v) is 9.83. The van der Waals surface area contributed by atoms with Crippen LogP contribution in [0.2, 0.25) is 0 Å². The zero-order chi connectivity index (χ0) is 18.8. The van der Waals surface area contributed by atoms with Crippen LogP contribution in [-0.4, -0.2) is 20.7 Å². The number of hydrogen-bond donors (Lipinski definition) is 1. The van der Waals surface area contributed by atoms with E-state index >= 15 is 0 Å². The van der Waals surface area contributed by atoms with Crippen molar-refractivity contribution in [3.8, 4) is 0 Å². The van der Waals surface area contributed by atoms with E-state index in [0.717, 1.165) is 43.4 Å². The number of anilines is 1. The molecule has 0 radical (unpaired) electrons. The van der Waals surface area contributed by atoms with Crippen LogP contribution in [0.15, 0.2) is 29.3 Å². The standard InChI is InChI=1S/C21H25BrN4O/c1-13-4-3-5-17(14(13)2)24-18(27)20-7-15-6-16(8-20)10-21(9-15,11-20)26-12-23-19(22)25-26/h3-5,12,15-16H,6-11H2,1-2H3,(H,24,27). The molecule has 4 saturated carbocycles. The Morgan fingerprint density at radius 3 is 2.63 bits per heavy atom. The lowest BCUT2D eigenvalue weighted by Crippen LogP contribution is -2.60. The van der Waals surface area contributed by atoms with E-state index in [1.54, 1.807) is 0 Å². The Hall–Kier alpha value is -1.69. The fourth-order valence-electron chi connectivity index (χ4n) is 6.36. The Labute approximate surface area is 168 Å². The van der Waals surface area contributed by atoms with E-state index < -0.39 is 0 Å². The first kappa shape index (κ1) is 17.4. The van der Waals surface area contributed by atoms with Gasteiger partial charge in [-0.1, -0.05) is 12.1 Å². The van der Waals surface area contributed by atoms with E-state index in [-0.39, 0.29) is 16.9 Å². The van der Waals surface area contributed by atoms with Crippen LogP contribution in [0, 0.1) is 31.1 Å². The molecule has 0 spiro atoms. The van der Waals surface area contributed by atoms with Gasteiger partial charge in [0.25, 0.3) is 0 Å². The summed E-state index contributed by atoms with van der Waals surface area (Å²) in [6.07, 6.45) is 8.24. The molecule has 142 valence electrons. The number of aromatic nitrogens is 3. The highest BCUT2D eigenvalue weighted by Crippen LogP contribution is 2.64. The van der Waals surface area contributed by atoms with Crippen molar-refractivity contribution in [1.29, 1.82) is 0 Å². The van der Waals surface area contributed by atoms with Gasteiger partial charge >= 0.3 is 0 Å². The Morgan fingerprint density at radius 2 is 1.96 bits per heavy atom. The van der Waals surface area contributed by atoms with Crippen LogP contribution >= 0.6 is 15.9 Å². The van der Waals surface area contributed by atoms with Crippen molar-refractivity contribution in [3.05, 3.63) is 40.4 Å². The first-order valence-corrected chi connectivity index (χ1v) is 10.6. The smallest absolute Gasteiger partial charge is 0.230 e. The molecule has 2 aromatic rings. The predicted octanol–water partition coefficient (Wildman–Crippen LogP) is 4.59. The maximum Gasteiger partial charge on any atom is 0.230 e. The van der Waals surface area contributed by atoms with Crippen LogP contribution in [0.3, 0.4) is 0 Å². The topological polar surface area (TPSA) is 59.8 Å². The maximum absolute atomic E-state index is 13.5. The van der Waals surface area contributed by atoms with Gasteiger partial charge < -0.3 is 5.32 Å². The van der Waals surface area contributed by atoms with Gasteiger partial charge in [-0.2, -0.15) is 0 Å². The van der Waals surface area contributed by atoms with Gasteiger partial charge in [-0.3, -0.25) is 4.79 Å². The van der Waals surface area contributed by atoms with Crippen LogP contribution in [-0.2, 0) is 10.3 Å². The number of carbonyl (C=O) groups is 1. The summed E-state index contributed by atoms with van der Waals surface area (Å²) in [5.41, 5.74) is 2.99. The lowest BCUT2D eigenvalue weighted by atomic mass is 9.46. The average molecular weight is 429 g/mol. The molecule has 27 heavy (non-hydrogen) atoms. The highest BCUT2D eigenvalue weighted by atomic mass is 79.9. The number of halogens is 1. The molecule has 4 bridgehead atoms. The lowest BCUT2D eigenvalue weighted by Gasteiger charge is -2.60. The molecule has 6 heteroatoms. The van der Waals surface area contributed by atoms with Crippen molar-refractivity contribution < 1.29 is 4.79 Å². The summed E-state index contributed by atoms with van der Waals surface area (Å²) in [6.45, 7) is 4.17. The van der Waals surface area contributed by atoms with E-state index in [0.29, 0.717) is 16.6 Å². The normalized spacial score (nSPS) is 34.0. The number of nitrogens with one attached hydrogen (secondary N) is 1. The van der Waals surface area contributed by atoms with Gasteiger partial charge in [-0.05, 0) is 97.3 Å². The number of rotatable bonds is 3. The second-order valence-electron chi connectivity index (χ2n) is 9.13. The van der Waals surface area contributed by atoms with E-state index in [9.17, 15) is 4.79 Å². The average Bonchev–Trinajstić information content (AvgIpc) is 3.05. The monoisotopic (exact) mass is 428 g/mol. The Bertz CT molecular complexity index is 907. The van der Waals surface area contributed by atoms with Gasteiger partial charge in [0.05, 0.1) is 11.0 Å². The van der Waals surface area contributed by atoms with Gasteiger partial charge in [0.2, 0.25) is 10.6 Å². The molecule has 0 saturated heterocycles. The van der Waals surface area contributed by atoms with Crippen molar-refractivity contribution in [2.45, 2.75) is 57.9 Å². The number of benzene rings is 1. The van der Waals surface area contributed by atoms with Gasteiger partial charge in [0, 0.05) is 5.69 Å². The van der Waals surface area contributed by atoms with E-state index in [4.69, 9.17) is 0 Å². The highest BCUT2D eigenvalue weighted by molar-refractivity contribution is 9.10. The minimum atomic E-state index is -0.279. The molecule has 4 fully saturated rings. The van der Waals surface area contributed by atoms with E-state index in [2.05, 4.69) is 55.9 Å². The van der Waals surface area contributed by atoms with Crippen LogP contribution in [0.1, 0.15) is 49.7 Å². The molecule has 2 atom stereocenters. The molecule has 1 heterocycles. The molecule has 5 nitrogen and oxygen atoms in total. The molecule has 1 aromatic heterocycles. The Kier molecular flexibility index (Phi) is 3.81. The quantitative estimate of drug-likeness (QED) is 0.777. The minimum absolute atomic E-state index is 0.0535. The predicted molar refractivity (Wildman–Crippen MR) is 107 cm³/mol. The molecular formula is C21H25BrN4O. The number of hydrogen-bond acceptors (Lipinski definition) is 3. The van der Waals surface area contributed by atoms with Crippen LogP contribution in [0.25, 0.3) is 0 Å². The second kappa shape index (κ2) is 5.90. The number of carbonyl (C=O) groups excluding carboxylic acids is 1.